The Bertz CT molecular complexity index is 62.1. The minimum atomic E-state index is 0. The first-order valence-corrected chi connectivity index (χ1v) is 3.85. The highest BCUT2D eigenvalue weighted by Crippen LogP contribution is 2.09. The molecule has 0 saturated carbocycles. The van der Waals surface area contributed by atoms with E-state index in [-0.39, 0.29) is 5.54 Å². The first kappa shape index (κ1) is 12.6. The largest absolute Gasteiger partial charge is 0.331 e. The van der Waals surface area contributed by atoms with Gasteiger partial charge in [-0.1, -0.05) is 20.8 Å². The molecule has 0 fully saturated rings. The van der Waals surface area contributed by atoms with Gasteiger partial charge in [0, 0.05) is 5.54 Å². The Morgan fingerprint density at radius 3 is 1.40 bits per heavy atom. The highest BCUT2D eigenvalue weighted by molar-refractivity contribution is 4.74. The molecule has 64 valence electrons. The lowest BCUT2D eigenvalue weighted by atomic mass is 9.92. The zero-order valence-electron chi connectivity index (χ0n) is 7.94. The van der Waals surface area contributed by atoms with Crippen LogP contribution in [0.4, 0.5) is 0 Å². The number of hydrogen-bond acceptors (Lipinski definition) is 2. The molecule has 0 aromatic heterocycles. The van der Waals surface area contributed by atoms with Crippen LogP contribution in [0, 0.1) is 5.92 Å². The fourth-order valence-corrected chi connectivity index (χ4v) is 0. The van der Waals surface area contributed by atoms with Gasteiger partial charge in [-0.3, -0.25) is 0 Å². The average molecular weight is 146 g/mol. The normalized spacial score (nSPS) is 10.8. The fraction of sp³-hybridized carbons (Fsp3) is 1.00. The van der Waals surface area contributed by atoms with Gasteiger partial charge in [-0.05, 0) is 26.3 Å². The number of nitrogens with two attached hydrogens (primary N) is 2. The van der Waals surface area contributed by atoms with E-state index in [9.17, 15) is 0 Å². The third-order valence-corrected chi connectivity index (χ3v) is 1.49. The van der Waals surface area contributed by atoms with Crippen molar-refractivity contribution in [1.29, 1.82) is 0 Å². The first-order valence-electron chi connectivity index (χ1n) is 3.85. The third-order valence-electron chi connectivity index (χ3n) is 1.49. The molecule has 0 aliphatic rings. The predicted molar refractivity (Wildman–Crippen MR) is 47.8 cm³/mol. The molecule has 2 heteroatoms. The highest BCUT2D eigenvalue weighted by atomic mass is 14.7. The van der Waals surface area contributed by atoms with E-state index in [2.05, 4.69) is 13.8 Å². The van der Waals surface area contributed by atoms with Crippen LogP contribution in [0.5, 0.6) is 0 Å². The van der Waals surface area contributed by atoms with Gasteiger partial charge in [0.15, 0.2) is 0 Å². The summed E-state index contributed by atoms with van der Waals surface area (Å²) in [6, 6.07) is 0. The van der Waals surface area contributed by atoms with Crippen molar-refractivity contribution in [1.82, 2.24) is 0 Å². The zero-order valence-corrected chi connectivity index (χ0v) is 7.94. The number of hydrogen-bond donors (Lipinski definition) is 2. The Hall–Kier alpha value is -0.0800. The van der Waals surface area contributed by atoms with Gasteiger partial charge in [-0.25, -0.2) is 0 Å². The minimum Gasteiger partial charge on any atom is -0.331 e. The molecule has 0 aliphatic carbocycles. The molecule has 2 nitrogen and oxygen atoms in total. The van der Waals surface area contributed by atoms with E-state index in [0.717, 1.165) is 6.54 Å². The summed E-state index contributed by atoms with van der Waals surface area (Å²) in [5.41, 5.74) is 10.5. The summed E-state index contributed by atoms with van der Waals surface area (Å²) in [7, 11) is 0. The predicted octanol–water partition coefficient (Wildman–Crippen LogP) is 1.34. The average Bonchev–Trinajstić information content (AvgIpc) is 1.64. The van der Waals surface area contributed by atoms with Crippen molar-refractivity contribution in [3.8, 4) is 0 Å². The summed E-state index contributed by atoms with van der Waals surface area (Å²) in [6.45, 7) is 11.0. The second kappa shape index (κ2) is 5.69. The summed E-state index contributed by atoms with van der Waals surface area (Å²) >= 11 is 0. The quantitative estimate of drug-likeness (QED) is 0.586. The molecule has 0 atom stereocenters. The Morgan fingerprint density at radius 2 is 1.40 bits per heavy atom. The lowest BCUT2D eigenvalue weighted by molar-refractivity contribution is 0.373. The molecular weight excluding hydrogens is 124 g/mol. The van der Waals surface area contributed by atoms with Crippen molar-refractivity contribution in [2.75, 3.05) is 6.54 Å². The second-order valence-electron chi connectivity index (χ2n) is 3.38. The maximum absolute atomic E-state index is 5.68. The molecule has 0 rings (SSSR count). The summed E-state index contributed by atoms with van der Waals surface area (Å²) in [5, 5.41) is 0. The third kappa shape index (κ3) is 10.8. The lowest BCUT2D eigenvalue weighted by Crippen LogP contribution is -2.37. The van der Waals surface area contributed by atoms with Crippen LogP contribution in [-0.2, 0) is 0 Å². The summed E-state index contributed by atoms with van der Waals surface area (Å²) < 4.78 is 0. The summed E-state index contributed by atoms with van der Waals surface area (Å²) in [5.74, 6) is 0.576. The smallest absolute Gasteiger partial charge is 0.0120 e. The first-order chi connectivity index (χ1) is 4.36. The van der Waals surface area contributed by atoms with Gasteiger partial charge in [-0.15, -0.1) is 0 Å². The molecule has 0 aromatic rings. The van der Waals surface area contributed by atoms with Gasteiger partial charge in [0.1, 0.15) is 0 Å². The van der Waals surface area contributed by atoms with Crippen LogP contribution < -0.4 is 11.5 Å². The maximum atomic E-state index is 5.68. The van der Waals surface area contributed by atoms with Gasteiger partial charge in [0.25, 0.3) is 0 Å². The molecule has 0 amide bonds. The van der Waals surface area contributed by atoms with Gasteiger partial charge in [-0.2, -0.15) is 0 Å². The molecule has 10 heavy (non-hydrogen) atoms. The van der Waals surface area contributed by atoms with Gasteiger partial charge < -0.3 is 11.5 Å². The van der Waals surface area contributed by atoms with Crippen molar-refractivity contribution in [3.63, 3.8) is 0 Å². The molecule has 0 bridgehead atoms. The van der Waals surface area contributed by atoms with Crippen LogP contribution in [0.1, 0.15) is 34.6 Å². The van der Waals surface area contributed by atoms with Crippen LogP contribution in [0.25, 0.3) is 0 Å². The molecule has 4 N–H and O–H groups in total. The molecule has 0 saturated heterocycles. The monoisotopic (exact) mass is 146 g/mol. The molecule has 0 unspecified atom stereocenters. The molecule has 0 aromatic carbocycles. The van der Waals surface area contributed by atoms with Crippen molar-refractivity contribution in [3.05, 3.63) is 0 Å². The highest BCUT2D eigenvalue weighted by Gasteiger charge is 2.14. The van der Waals surface area contributed by atoms with E-state index < -0.39 is 0 Å². The maximum Gasteiger partial charge on any atom is 0.0120 e. The Balaban J connectivity index is 0. The van der Waals surface area contributed by atoms with Crippen LogP contribution >= 0.6 is 0 Å². The molecule has 0 aliphatic heterocycles. The Labute approximate surface area is 65.0 Å². The van der Waals surface area contributed by atoms with Crippen LogP contribution in [-0.4, -0.2) is 12.1 Å². The fourth-order valence-electron chi connectivity index (χ4n) is 0. The van der Waals surface area contributed by atoms with E-state index in [4.69, 9.17) is 11.5 Å². The van der Waals surface area contributed by atoms with Crippen molar-refractivity contribution >= 4 is 0 Å². The number of rotatable bonds is 1. The van der Waals surface area contributed by atoms with E-state index in [1.165, 1.54) is 0 Å². The van der Waals surface area contributed by atoms with E-state index in [0.29, 0.717) is 5.92 Å². The van der Waals surface area contributed by atoms with E-state index in [1.807, 2.05) is 20.8 Å². The Kier molecular flexibility index (Phi) is 7.15. The van der Waals surface area contributed by atoms with Gasteiger partial charge in [0.05, 0.1) is 0 Å². The van der Waals surface area contributed by atoms with Crippen molar-refractivity contribution in [2.45, 2.75) is 40.2 Å². The van der Waals surface area contributed by atoms with E-state index in [1.54, 1.807) is 0 Å². The Morgan fingerprint density at radius 1 is 1.30 bits per heavy atom. The van der Waals surface area contributed by atoms with E-state index >= 15 is 0 Å². The SMILES string of the molecule is CC(C)C(C)(C)N.CCN. The molecule has 0 spiro atoms. The summed E-state index contributed by atoms with van der Waals surface area (Å²) in [6.07, 6.45) is 0. The summed E-state index contributed by atoms with van der Waals surface area (Å²) in [4.78, 5) is 0. The van der Waals surface area contributed by atoms with Crippen LogP contribution in [0.2, 0.25) is 0 Å². The second-order valence-corrected chi connectivity index (χ2v) is 3.38. The van der Waals surface area contributed by atoms with Gasteiger partial charge >= 0.3 is 0 Å². The molecule has 0 heterocycles. The van der Waals surface area contributed by atoms with Crippen molar-refractivity contribution in [2.24, 2.45) is 17.4 Å². The topological polar surface area (TPSA) is 52.0 Å². The lowest BCUT2D eigenvalue weighted by Gasteiger charge is -2.22. The molecule has 0 radical (unpaired) electrons. The van der Waals surface area contributed by atoms with Crippen molar-refractivity contribution < 1.29 is 0 Å². The standard InChI is InChI=1S/C6H15N.C2H7N/c1-5(2)6(3,4)7;1-2-3/h5H,7H2,1-4H3;2-3H2,1H3. The van der Waals surface area contributed by atoms with Crippen LogP contribution in [0.15, 0.2) is 0 Å². The minimum absolute atomic E-state index is 0. The van der Waals surface area contributed by atoms with Gasteiger partial charge in [0.2, 0.25) is 0 Å². The zero-order chi connectivity index (χ0) is 8.78. The van der Waals surface area contributed by atoms with Crippen LogP contribution in [0.3, 0.4) is 0 Å². The molecular formula is C8H22N2.